The highest BCUT2D eigenvalue weighted by Gasteiger charge is 2.36. The van der Waals surface area contributed by atoms with Crippen LogP contribution >= 0.6 is 0 Å². The van der Waals surface area contributed by atoms with E-state index in [-0.39, 0.29) is 6.04 Å². The first-order valence-corrected chi connectivity index (χ1v) is 9.70. The Bertz CT molecular complexity index is 1180. The molecule has 1 aliphatic heterocycles. The molecule has 29 heavy (non-hydrogen) atoms. The first-order valence-electron chi connectivity index (χ1n) is 9.70. The van der Waals surface area contributed by atoms with Crippen LogP contribution in [0.1, 0.15) is 22.7 Å². The van der Waals surface area contributed by atoms with Crippen LogP contribution in [0.15, 0.2) is 72.8 Å². The number of methoxy groups -OCH3 is 1. The van der Waals surface area contributed by atoms with Gasteiger partial charge in [-0.15, -0.1) is 5.06 Å². The summed E-state index contributed by atoms with van der Waals surface area (Å²) in [5.74, 6) is 1.71. The van der Waals surface area contributed by atoms with Crippen LogP contribution in [0, 0.1) is 6.92 Å². The third-order valence-electron chi connectivity index (χ3n) is 5.51. The van der Waals surface area contributed by atoms with E-state index in [0.717, 1.165) is 39.2 Å². The van der Waals surface area contributed by atoms with Crippen LogP contribution in [-0.2, 0) is 0 Å². The minimum atomic E-state index is -0.0280. The molecule has 4 heteroatoms. The molecule has 0 bridgehead atoms. The Morgan fingerprint density at radius 2 is 1.66 bits per heavy atom. The number of hydrogen-bond acceptors (Lipinski definition) is 4. The van der Waals surface area contributed by atoms with Crippen LogP contribution in [0.4, 0.5) is 0 Å². The van der Waals surface area contributed by atoms with E-state index in [9.17, 15) is 0 Å². The van der Waals surface area contributed by atoms with Gasteiger partial charge in [0, 0.05) is 23.6 Å². The Kier molecular flexibility index (Phi) is 4.22. The van der Waals surface area contributed by atoms with Gasteiger partial charge in [0.25, 0.3) is 0 Å². The quantitative estimate of drug-likeness (QED) is 0.465. The van der Waals surface area contributed by atoms with Crippen molar-refractivity contribution in [3.8, 4) is 22.8 Å². The van der Waals surface area contributed by atoms with Crippen molar-refractivity contribution < 1.29 is 9.57 Å². The molecule has 144 valence electrons. The zero-order chi connectivity index (χ0) is 20.0. The fourth-order valence-corrected chi connectivity index (χ4v) is 4.02. The van der Waals surface area contributed by atoms with Gasteiger partial charge >= 0.3 is 0 Å². The van der Waals surface area contributed by atoms with Gasteiger partial charge in [-0.05, 0) is 48.9 Å². The van der Waals surface area contributed by atoms with Crippen molar-refractivity contribution in [2.45, 2.75) is 13.0 Å². The molecule has 0 radical (unpaired) electrons. The van der Waals surface area contributed by atoms with Crippen molar-refractivity contribution in [1.82, 2.24) is 10.0 Å². The molecule has 1 aliphatic rings. The molecule has 0 aliphatic carbocycles. The van der Waals surface area contributed by atoms with Crippen molar-refractivity contribution in [2.75, 3.05) is 14.2 Å². The molecular weight excluding hydrogens is 360 g/mol. The third-order valence-corrected chi connectivity index (χ3v) is 5.51. The van der Waals surface area contributed by atoms with Crippen molar-refractivity contribution in [3.63, 3.8) is 0 Å². The highest BCUT2D eigenvalue weighted by molar-refractivity contribution is 5.91. The molecule has 0 saturated heterocycles. The largest absolute Gasteiger partial charge is 0.497 e. The van der Waals surface area contributed by atoms with Gasteiger partial charge in [0.05, 0.1) is 18.3 Å². The molecule has 0 fully saturated rings. The second-order valence-electron chi connectivity index (χ2n) is 7.40. The number of fused-ring (bicyclic) bond motifs is 3. The molecule has 1 unspecified atom stereocenters. The molecular formula is C25H22N2O2. The lowest BCUT2D eigenvalue weighted by molar-refractivity contribution is -0.0302. The fourth-order valence-electron chi connectivity index (χ4n) is 4.02. The smallest absolute Gasteiger partial charge is 0.164 e. The molecule has 0 amide bonds. The predicted octanol–water partition coefficient (Wildman–Crippen LogP) is 5.55. The van der Waals surface area contributed by atoms with Gasteiger partial charge < -0.3 is 9.57 Å². The summed E-state index contributed by atoms with van der Waals surface area (Å²) in [6, 6.07) is 24.8. The van der Waals surface area contributed by atoms with Crippen LogP contribution in [0.5, 0.6) is 11.5 Å². The lowest BCUT2D eigenvalue weighted by atomic mass is 9.92. The third kappa shape index (κ3) is 2.93. The van der Waals surface area contributed by atoms with E-state index in [1.807, 2.05) is 42.4 Å². The van der Waals surface area contributed by atoms with E-state index in [1.165, 1.54) is 11.1 Å². The SMILES string of the molecule is COc1ccc(-c2nc3ccccc3c3c2C(c2ccc(C)cc2)N(C)O3)cc1. The van der Waals surface area contributed by atoms with Gasteiger partial charge in [0.2, 0.25) is 0 Å². The normalized spacial score (nSPS) is 15.9. The van der Waals surface area contributed by atoms with Crippen LogP contribution in [0.3, 0.4) is 0 Å². The summed E-state index contributed by atoms with van der Waals surface area (Å²) in [5.41, 5.74) is 6.43. The van der Waals surface area contributed by atoms with E-state index in [4.69, 9.17) is 14.6 Å². The molecule has 0 N–H and O–H groups in total. The van der Waals surface area contributed by atoms with Gasteiger partial charge in [0.1, 0.15) is 11.8 Å². The Hall–Kier alpha value is -3.37. The van der Waals surface area contributed by atoms with Crippen LogP contribution in [0.25, 0.3) is 22.2 Å². The monoisotopic (exact) mass is 382 g/mol. The number of aryl methyl sites for hydroxylation is 1. The van der Waals surface area contributed by atoms with Crippen molar-refractivity contribution in [1.29, 1.82) is 0 Å². The van der Waals surface area contributed by atoms with Gasteiger partial charge in [-0.25, -0.2) is 4.98 Å². The number of para-hydroxylation sites is 1. The highest BCUT2D eigenvalue weighted by Crippen LogP contribution is 2.48. The van der Waals surface area contributed by atoms with Crippen LogP contribution in [0.2, 0.25) is 0 Å². The van der Waals surface area contributed by atoms with E-state index >= 15 is 0 Å². The maximum atomic E-state index is 6.29. The molecule has 1 atom stereocenters. The van der Waals surface area contributed by atoms with Crippen molar-refractivity contribution >= 4 is 10.9 Å². The number of ether oxygens (including phenoxy) is 1. The van der Waals surface area contributed by atoms with Gasteiger partial charge in [-0.1, -0.05) is 42.0 Å². The average molecular weight is 382 g/mol. The maximum absolute atomic E-state index is 6.29. The minimum Gasteiger partial charge on any atom is -0.497 e. The van der Waals surface area contributed by atoms with Gasteiger partial charge in [0.15, 0.2) is 5.75 Å². The van der Waals surface area contributed by atoms with Crippen LogP contribution < -0.4 is 9.57 Å². The summed E-state index contributed by atoms with van der Waals surface area (Å²) in [6.45, 7) is 2.10. The van der Waals surface area contributed by atoms with Gasteiger partial charge in [-0.2, -0.15) is 0 Å². The Morgan fingerprint density at radius 1 is 0.931 bits per heavy atom. The molecule has 5 rings (SSSR count). The van der Waals surface area contributed by atoms with Gasteiger partial charge in [-0.3, -0.25) is 0 Å². The second-order valence-corrected chi connectivity index (χ2v) is 7.40. The number of hydrogen-bond donors (Lipinski definition) is 0. The standard InChI is InChI=1S/C25H22N2O2/c1-16-8-10-18(11-9-16)24-22-23(17-12-14-19(28-3)15-13-17)26-21-7-5-4-6-20(21)25(22)29-27(24)2/h4-15,24H,1-3H3. The lowest BCUT2D eigenvalue weighted by Crippen LogP contribution is -2.22. The zero-order valence-electron chi connectivity index (χ0n) is 16.7. The zero-order valence-corrected chi connectivity index (χ0v) is 16.7. The topological polar surface area (TPSA) is 34.6 Å². The summed E-state index contributed by atoms with van der Waals surface area (Å²) in [7, 11) is 3.66. The van der Waals surface area contributed by atoms with Crippen LogP contribution in [-0.4, -0.2) is 24.2 Å². The summed E-state index contributed by atoms with van der Waals surface area (Å²) in [6.07, 6.45) is 0. The summed E-state index contributed by atoms with van der Waals surface area (Å²) in [5, 5.41) is 2.96. The first kappa shape index (κ1) is 17.7. The molecule has 3 aromatic carbocycles. The number of aromatic nitrogens is 1. The highest BCUT2D eigenvalue weighted by atomic mass is 16.7. The average Bonchev–Trinajstić information content (AvgIpc) is 3.11. The summed E-state index contributed by atoms with van der Waals surface area (Å²) in [4.78, 5) is 11.3. The molecule has 0 spiro atoms. The second kappa shape index (κ2) is 6.90. The maximum Gasteiger partial charge on any atom is 0.164 e. The Morgan fingerprint density at radius 3 is 2.38 bits per heavy atom. The van der Waals surface area contributed by atoms with E-state index in [1.54, 1.807) is 7.11 Å². The minimum absolute atomic E-state index is 0.0280. The molecule has 1 aromatic heterocycles. The lowest BCUT2D eigenvalue weighted by Gasteiger charge is -2.19. The summed E-state index contributed by atoms with van der Waals surface area (Å²) >= 11 is 0. The number of nitrogens with zero attached hydrogens (tertiary/aromatic N) is 2. The van der Waals surface area contributed by atoms with Crippen molar-refractivity contribution in [2.24, 2.45) is 0 Å². The van der Waals surface area contributed by atoms with E-state index in [2.05, 4.69) is 49.4 Å². The number of benzene rings is 3. The molecule has 2 heterocycles. The van der Waals surface area contributed by atoms with Crippen molar-refractivity contribution in [3.05, 3.63) is 89.5 Å². The summed E-state index contributed by atoms with van der Waals surface area (Å²) < 4.78 is 5.33. The van der Waals surface area contributed by atoms with E-state index in [0.29, 0.717) is 0 Å². The predicted molar refractivity (Wildman–Crippen MR) is 115 cm³/mol. The molecule has 4 nitrogen and oxygen atoms in total. The number of hydroxylamine groups is 2. The van der Waals surface area contributed by atoms with E-state index < -0.39 is 0 Å². The fraction of sp³-hybridized carbons (Fsp3) is 0.160. The molecule has 0 saturated carbocycles. The first-order chi connectivity index (χ1) is 14.2. The number of rotatable bonds is 3. The Balaban J connectivity index is 1.78. The number of pyridine rings is 1. The Labute approximate surface area is 170 Å². The molecule has 4 aromatic rings.